The molecule has 1 fully saturated rings. The van der Waals surface area contributed by atoms with Crippen molar-refractivity contribution in [1.29, 1.82) is 0 Å². The summed E-state index contributed by atoms with van der Waals surface area (Å²) in [5, 5.41) is 9.24. The predicted octanol–water partition coefficient (Wildman–Crippen LogP) is 3.06. The van der Waals surface area contributed by atoms with E-state index >= 15 is 0 Å². The van der Waals surface area contributed by atoms with E-state index in [4.69, 9.17) is 0 Å². The Morgan fingerprint density at radius 1 is 1.42 bits per heavy atom. The zero-order valence-electron chi connectivity index (χ0n) is 12.1. The van der Waals surface area contributed by atoms with Crippen molar-refractivity contribution in [3.63, 3.8) is 0 Å². The van der Waals surface area contributed by atoms with Gasteiger partial charge in [0.1, 0.15) is 0 Å². The molecule has 106 valence electrons. The van der Waals surface area contributed by atoms with Gasteiger partial charge < -0.3 is 5.32 Å². The Morgan fingerprint density at radius 3 is 3.16 bits per heavy atom. The number of hydrogen-bond donors (Lipinski definition) is 1. The minimum Gasteiger partial charge on any atom is -0.307 e. The molecule has 19 heavy (non-hydrogen) atoms. The first-order valence-corrected chi connectivity index (χ1v) is 8.71. The van der Waals surface area contributed by atoms with E-state index in [9.17, 15) is 0 Å². The van der Waals surface area contributed by atoms with E-state index in [1.165, 1.54) is 55.5 Å². The van der Waals surface area contributed by atoms with E-state index in [0.29, 0.717) is 6.04 Å². The van der Waals surface area contributed by atoms with Crippen molar-refractivity contribution in [2.75, 3.05) is 5.75 Å². The van der Waals surface area contributed by atoms with Crippen LogP contribution in [0.2, 0.25) is 0 Å². The van der Waals surface area contributed by atoms with E-state index in [1.807, 2.05) is 0 Å². The topological polar surface area (TPSA) is 29.9 Å². The van der Waals surface area contributed by atoms with E-state index in [1.54, 1.807) is 0 Å². The molecule has 0 aliphatic heterocycles. The molecule has 0 aromatic carbocycles. The monoisotopic (exact) mass is 279 g/mol. The van der Waals surface area contributed by atoms with Crippen LogP contribution in [0.5, 0.6) is 0 Å². The SMILES string of the molecule is CCS[C@H]1CC[C@H](N[C@@H]2CCCc3c2cnn3C)C1. The summed E-state index contributed by atoms with van der Waals surface area (Å²) in [5.41, 5.74) is 2.90. The van der Waals surface area contributed by atoms with E-state index in [2.05, 4.69) is 47.0 Å². The standard InChI is InChI=1S/C15H25N3S/c1-3-19-12-8-7-11(9-12)17-14-5-4-6-15-13(14)10-16-18(15)2/h10-12,14,17H,3-9H2,1-2H3/t11-,12-,14+/m0/s1. The molecule has 1 heterocycles. The van der Waals surface area contributed by atoms with Crippen molar-refractivity contribution in [3.8, 4) is 0 Å². The largest absolute Gasteiger partial charge is 0.307 e. The second-order valence-corrected chi connectivity index (χ2v) is 7.45. The number of nitrogens with zero attached hydrogens (tertiary/aromatic N) is 2. The Hall–Kier alpha value is -0.480. The molecule has 3 rings (SSSR count). The van der Waals surface area contributed by atoms with Gasteiger partial charge in [-0.2, -0.15) is 16.9 Å². The fraction of sp³-hybridized carbons (Fsp3) is 0.800. The summed E-state index contributed by atoms with van der Waals surface area (Å²) in [6.45, 7) is 2.27. The van der Waals surface area contributed by atoms with Crippen LogP contribution in [0.4, 0.5) is 0 Å². The molecule has 1 saturated carbocycles. The van der Waals surface area contributed by atoms with Gasteiger partial charge in [0.05, 0.1) is 6.20 Å². The maximum absolute atomic E-state index is 4.44. The third kappa shape index (κ3) is 2.84. The molecule has 1 aromatic rings. The van der Waals surface area contributed by atoms with Gasteiger partial charge in [0, 0.05) is 35.6 Å². The van der Waals surface area contributed by atoms with Crippen LogP contribution >= 0.6 is 11.8 Å². The van der Waals surface area contributed by atoms with Gasteiger partial charge in [-0.25, -0.2) is 0 Å². The lowest BCUT2D eigenvalue weighted by Gasteiger charge is -2.27. The van der Waals surface area contributed by atoms with Crippen molar-refractivity contribution in [1.82, 2.24) is 15.1 Å². The van der Waals surface area contributed by atoms with Crippen LogP contribution in [0.15, 0.2) is 6.20 Å². The quantitative estimate of drug-likeness (QED) is 0.918. The molecule has 2 aliphatic rings. The number of aryl methyl sites for hydroxylation is 1. The van der Waals surface area contributed by atoms with Gasteiger partial charge >= 0.3 is 0 Å². The highest BCUT2D eigenvalue weighted by molar-refractivity contribution is 7.99. The fourth-order valence-corrected chi connectivity index (χ4v) is 4.78. The Balaban J connectivity index is 1.62. The summed E-state index contributed by atoms with van der Waals surface area (Å²) in [5.74, 6) is 1.26. The van der Waals surface area contributed by atoms with Crippen molar-refractivity contribution < 1.29 is 0 Å². The molecule has 4 heteroatoms. The Bertz CT molecular complexity index is 429. The smallest absolute Gasteiger partial charge is 0.0540 e. The molecular weight excluding hydrogens is 254 g/mol. The molecule has 0 spiro atoms. The van der Waals surface area contributed by atoms with Gasteiger partial charge in [0.15, 0.2) is 0 Å². The fourth-order valence-electron chi connectivity index (χ4n) is 3.64. The minimum absolute atomic E-state index is 0.549. The molecule has 3 atom stereocenters. The van der Waals surface area contributed by atoms with Gasteiger partial charge in [0.25, 0.3) is 0 Å². The van der Waals surface area contributed by atoms with E-state index in [-0.39, 0.29) is 0 Å². The number of nitrogens with one attached hydrogen (secondary N) is 1. The van der Waals surface area contributed by atoms with Crippen molar-refractivity contribution in [3.05, 3.63) is 17.5 Å². The predicted molar refractivity (Wildman–Crippen MR) is 81.6 cm³/mol. The molecule has 1 aromatic heterocycles. The van der Waals surface area contributed by atoms with Crippen LogP contribution in [0.3, 0.4) is 0 Å². The van der Waals surface area contributed by atoms with Crippen molar-refractivity contribution >= 4 is 11.8 Å². The number of rotatable bonds is 4. The Kier molecular flexibility index (Phi) is 4.18. The summed E-state index contributed by atoms with van der Waals surface area (Å²) < 4.78 is 2.06. The van der Waals surface area contributed by atoms with Gasteiger partial charge in [-0.1, -0.05) is 6.92 Å². The lowest BCUT2D eigenvalue weighted by molar-refractivity contribution is 0.394. The number of fused-ring (bicyclic) bond motifs is 1. The van der Waals surface area contributed by atoms with Gasteiger partial charge in [-0.3, -0.25) is 4.68 Å². The van der Waals surface area contributed by atoms with Crippen LogP contribution < -0.4 is 5.32 Å². The van der Waals surface area contributed by atoms with E-state index in [0.717, 1.165) is 11.3 Å². The first kappa shape index (κ1) is 13.5. The molecule has 3 nitrogen and oxygen atoms in total. The summed E-state index contributed by atoms with van der Waals surface area (Å²) in [4.78, 5) is 0. The van der Waals surface area contributed by atoms with Crippen LogP contribution in [0.1, 0.15) is 56.3 Å². The summed E-state index contributed by atoms with van der Waals surface area (Å²) in [7, 11) is 2.07. The van der Waals surface area contributed by atoms with E-state index < -0.39 is 0 Å². The normalized spacial score (nSPS) is 30.5. The van der Waals surface area contributed by atoms with Crippen molar-refractivity contribution in [2.24, 2.45) is 7.05 Å². The highest BCUT2D eigenvalue weighted by atomic mass is 32.2. The molecule has 0 saturated heterocycles. The molecular formula is C15H25N3S. The van der Waals surface area contributed by atoms with Gasteiger partial charge in [-0.15, -0.1) is 0 Å². The maximum atomic E-state index is 4.44. The van der Waals surface area contributed by atoms with Gasteiger partial charge in [-0.05, 0) is 44.3 Å². The molecule has 1 N–H and O–H groups in total. The average Bonchev–Trinajstić information content (AvgIpc) is 2.99. The molecule has 2 aliphatic carbocycles. The average molecular weight is 279 g/mol. The lowest BCUT2D eigenvalue weighted by atomic mass is 9.92. The summed E-state index contributed by atoms with van der Waals surface area (Å²) >= 11 is 2.14. The molecule has 0 amide bonds. The molecule has 0 unspecified atom stereocenters. The number of thioether (sulfide) groups is 1. The Morgan fingerprint density at radius 2 is 2.32 bits per heavy atom. The summed E-state index contributed by atoms with van der Waals surface area (Å²) in [6, 6.07) is 1.27. The van der Waals surface area contributed by atoms with Gasteiger partial charge in [0.2, 0.25) is 0 Å². The summed E-state index contributed by atoms with van der Waals surface area (Å²) in [6.07, 6.45) is 9.95. The minimum atomic E-state index is 0.549. The molecule has 0 bridgehead atoms. The number of aromatic nitrogens is 2. The van der Waals surface area contributed by atoms with Crippen LogP contribution in [0, 0.1) is 0 Å². The third-order valence-electron chi connectivity index (χ3n) is 4.60. The lowest BCUT2D eigenvalue weighted by Crippen LogP contribution is -2.33. The van der Waals surface area contributed by atoms with Crippen molar-refractivity contribution in [2.45, 2.75) is 62.8 Å². The Labute approximate surface area is 120 Å². The third-order valence-corrected chi connectivity index (χ3v) is 5.83. The second kappa shape index (κ2) is 5.88. The van der Waals surface area contributed by atoms with Crippen LogP contribution in [-0.4, -0.2) is 26.8 Å². The first-order chi connectivity index (χ1) is 9.28. The van der Waals surface area contributed by atoms with Crippen LogP contribution in [-0.2, 0) is 13.5 Å². The highest BCUT2D eigenvalue weighted by Crippen LogP contribution is 2.34. The van der Waals surface area contributed by atoms with Crippen LogP contribution in [0.25, 0.3) is 0 Å². The molecule has 0 radical (unpaired) electrons. The zero-order chi connectivity index (χ0) is 13.2. The zero-order valence-corrected chi connectivity index (χ0v) is 12.9. The highest BCUT2D eigenvalue weighted by Gasteiger charge is 2.29. The first-order valence-electron chi connectivity index (χ1n) is 7.66. The number of hydrogen-bond acceptors (Lipinski definition) is 3. The second-order valence-electron chi connectivity index (χ2n) is 5.87. The maximum Gasteiger partial charge on any atom is 0.0540 e.